The average molecular weight is 316 g/mol. The first-order valence-corrected chi connectivity index (χ1v) is 7.79. The fourth-order valence-corrected chi connectivity index (χ4v) is 3.23. The number of nitrogens with zero attached hydrogens (tertiary/aromatic N) is 2. The van der Waals surface area contributed by atoms with E-state index in [2.05, 4.69) is 4.99 Å². The first-order chi connectivity index (χ1) is 10.7. The minimum absolute atomic E-state index is 0.0105. The third-order valence-electron chi connectivity index (χ3n) is 3.47. The molecule has 0 amide bonds. The van der Waals surface area contributed by atoms with Crippen LogP contribution in [0.25, 0.3) is 11.6 Å². The molecule has 1 aliphatic heterocycles. The fraction of sp³-hybridized carbons (Fsp3) is 0.250. The SMILES string of the molecule is COCCCn1c(O)c(C=C2C=Nc3ccccc32)sc1=O. The highest BCUT2D eigenvalue weighted by Crippen LogP contribution is 2.34. The maximum Gasteiger partial charge on any atom is 0.310 e. The van der Waals surface area contributed by atoms with Crippen LogP contribution in [0.15, 0.2) is 34.1 Å². The van der Waals surface area contributed by atoms with Crippen molar-refractivity contribution < 1.29 is 9.84 Å². The molecule has 114 valence electrons. The predicted octanol–water partition coefficient (Wildman–Crippen LogP) is 2.91. The van der Waals surface area contributed by atoms with Gasteiger partial charge in [0.05, 0.1) is 10.6 Å². The predicted molar refractivity (Wildman–Crippen MR) is 89.2 cm³/mol. The van der Waals surface area contributed by atoms with Crippen molar-refractivity contribution in [1.29, 1.82) is 0 Å². The van der Waals surface area contributed by atoms with Gasteiger partial charge in [0.2, 0.25) is 5.88 Å². The molecule has 0 saturated heterocycles. The van der Waals surface area contributed by atoms with E-state index < -0.39 is 0 Å². The molecule has 6 heteroatoms. The molecule has 5 nitrogen and oxygen atoms in total. The van der Waals surface area contributed by atoms with Gasteiger partial charge in [-0.25, -0.2) is 0 Å². The lowest BCUT2D eigenvalue weighted by molar-refractivity contribution is 0.189. The zero-order chi connectivity index (χ0) is 15.5. The third-order valence-corrected chi connectivity index (χ3v) is 4.38. The molecule has 1 N–H and O–H groups in total. The number of ether oxygens (including phenoxy) is 1. The van der Waals surface area contributed by atoms with Gasteiger partial charge in [0.1, 0.15) is 0 Å². The van der Waals surface area contributed by atoms with Gasteiger partial charge in [-0.1, -0.05) is 29.5 Å². The van der Waals surface area contributed by atoms with Crippen LogP contribution in [-0.4, -0.2) is 29.6 Å². The lowest BCUT2D eigenvalue weighted by Gasteiger charge is -2.03. The van der Waals surface area contributed by atoms with Gasteiger partial charge in [0.15, 0.2) is 0 Å². The van der Waals surface area contributed by atoms with Crippen LogP contribution in [0.1, 0.15) is 16.9 Å². The first kappa shape index (κ1) is 14.7. The van der Waals surface area contributed by atoms with Gasteiger partial charge in [0.25, 0.3) is 0 Å². The number of rotatable bonds is 5. The van der Waals surface area contributed by atoms with Gasteiger partial charge in [-0.3, -0.25) is 14.4 Å². The number of aromatic hydroxyl groups is 1. The Hall–Kier alpha value is -2.18. The number of hydrogen-bond acceptors (Lipinski definition) is 5. The summed E-state index contributed by atoms with van der Waals surface area (Å²) in [6.07, 6.45) is 4.24. The molecule has 0 atom stereocenters. The van der Waals surface area contributed by atoms with E-state index in [0.717, 1.165) is 28.2 Å². The van der Waals surface area contributed by atoms with Gasteiger partial charge in [-0.15, -0.1) is 0 Å². The Balaban J connectivity index is 1.91. The zero-order valence-corrected chi connectivity index (χ0v) is 13.0. The quantitative estimate of drug-likeness (QED) is 0.863. The highest BCUT2D eigenvalue weighted by molar-refractivity contribution is 7.10. The van der Waals surface area contributed by atoms with Crippen molar-refractivity contribution in [3.8, 4) is 5.88 Å². The third kappa shape index (κ3) is 2.75. The number of fused-ring (bicyclic) bond motifs is 1. The van der Waals surface area contributed by atoms with Crippen molar-refractivity contribution in [1.82, 2.24) is 4.57 Å². The summed E-state index contributed by atoms with van der Waals surface area (Å²) in [4.78, 5) is 16.7. The molecule has 2 aromatic rings. The van der Waals surface area contributed by atoms with Crippen LogP contribution in [0.3, 0.4) is 0 Å². The molecular weight excluding hydrogens is 300 g/mol. The number of aromatic nitrogens is 1. The second-order valence-corrected chi connectivity index (χ2v) is 5.92. The summed E-state index contributed by atoms with van der Waals surface area (Å²) in [6.45, 7) is 1.00. The maximum absolute atomic E-state index is 12.0. The Bertz CT molecular complexity index is 802. The molecule has 0 aliphatic carbocycles. The molecule has 0 bridgehead atoms. The number of thiazole rings is 1. The number of aliphatic imine (C=N–C) groups is 1. The molecular formula is C16H16N2O3S. The van der Waals surface area contributed by atoms with Gasteiger partial charge in [-0.2, -0.15) is 0 Å². The second kappa shape index (κ2) is 6.29. The monoisotopic (exact) mass is 316 g/mol. The molecule has 0 fully saturated rings. The van der Waals surface area contributed by atoms with Crippen molar-refractivity contribution in [2.45, 2.75) is 13.0 Å². The Morgan fingerprint density at radius 2 is 2.23 bits per heavy atom. The minimum Gasteiger partial charge on any atom is -0.493 e. The van der Waals surface area contributed by atoms with Crippen LogP contribution in [-0.2, 0) is 11.3 Å². The van der Waals surface area contributed by atoms with Crippen molar-refractivity contribution in [3.63, 3.8) is 0 Å². The minimum atomic E-state index is -0.163. The second-order valence-electron chi connectivity index (χ2n) is 4.93. The Kier molecular flexibility index (Phi) is 4.22. The first-order valence-electron chi connectivity index (χ1n) is 6.97. The number of benzene rings is 1. The van der Waals surface area contributed by atoms with E-state index in [-0.39, 0.29) is 10.8 Å². The summed E-state index contributed by atoms with van der Waals surface area (Å²) in [5.41, 5.74) is 2.81. The summed E-state index contributed by atoms with van der Waals surface area (Å²) in [5.74, 6) is 0.0105. The summed E-state index contributed by atoms with van der Waals surface area (Å²) >= 11 is 1.04. The molecule has 1 aromatic heterocycles. The van der Waals surface area contributed by atoms with Gasteiger partial charge < -0.3 is 9.84 Å². The Labute approximate surface area is 131 Å². The van der Waals surface area contributed by atoms with Crippen LogP contribution in [0.5, 0.6) is 5.88 Å². The number of hydrogen-bond donors (Lipinski definition) is 1. The molecule has 0 saturated carbocycles. The highest BCUT2D eigenvalue weighted by atomic mass is 32.1. The summed E-state index contributed by atoms with van der Waals surface area (Å²) < 4.78 is 6.36. The van der Waals surface area contributed by atoms with Gasteiger partial charge in [0, 0.05) is 37.6 Å². The Morgan fingerprint density at radius 3 is 3.05 bits per heavy atom. The Morgan fingerprint density at radius 1 is 1.41 bits per heavy atom. The number of allylic oxidation sites excluding steroid dienone is 1. The molecule has 0 unspecified atom stereocenters. The van der Waals surface area contributed by atoms with E-state index >= 15 is 0 Å². The largest absolute Gasteiger partial charge is 0.493 e. The van der Waals surface area contributed by atoms with Crippen LogP contribution in [0, 0.1) is 0 Å². The standard InChI is InChI=1S/C16H16N2O3S/c1-21-8-4-7-18-15(19)14(22-16(18)20)9-11-10-17-13-6-3-2-5-12(11)13/h2-3,5-6,9-10,19H,4,7-8H2,1H3. The van der Waals surface area contributed by atoms with Crippen molar-refractivity contribution >= 4 is 34.9 Å². The molecule has 1 aliphatic rings. The van der Waals surface area contributed by atoms with E-state index in [9.17, 15) is 9.90 Å². The topological polar surface area (TPSA) is 63.8 Å². The smallest absolute Gasteiger partial charge is 0.310 e. The molecule has 22 heavy (non-hydrogen) atoms. The number of para-hydroxylation sites is 1. The van der Waals surface area contributed by atoms with Crippen molar-refractivity contribution in [2.75, 3.05) is 13.7 Å². The molecule has 2 heterocycles. The average Bonchev–Trinajstić information content (AvgIpc) is 3.04. The van der Waals surface area contributed by atoms with Crippen molar-refractivity contribution in [2.24, 2.45) is 4.99 Å². The number of methoxy groups -OCH3 is 1. The highest BCUT2D eigenvalue weighted by Gasteiger charge is 2.16. The van der Waals surface area contributed by atoms with E-state index in [4.69, 9.17) is 4.74 Å². The van der Waals surface area contributed by atoms with Crippen molar-refractivity contribution in [3.05, 3.63) is 44.4 Å². The lowest BCUT2D eigenvalue weighted by Crippen LogP contribution is -2.13. The summed E-state index contributed by atoms with van der Waals surface area (Å²) in [6, 6.07) is 7.79. The maximum atomic E-state index is 12.0. The molecule has 0 radical (unpaired) electrons. The fourth-order valence-electron chi connectivity index (χ4n) is 2.37. The summed E-state index contributed by atoms with van der Waals surface area (Å²) in [5, 5.41) is 10.3. The zero-order valence-electron chi connectivity index (χ0n) is 12.2. The normalized spacial score (nSPS) is 14.7. The van der Waals surface area contributed by atoms with E-state index in [1.165, 1.54) is 4.57 Å². The van der Waals surface area contributed by atoms with E-state index in [1.54, 1.807) is 13.3 Å². The molecule has 3 rings (SSSR count). The lowest BCUT2D eigenvalue weighted by atomic mass is 10.1. The van der Waals surface area contributed by atoms with Crippen LogP contribution in [0.4, 0.5) is 5.69 Å². The van der Waals surface area contributed by atoms with Gasteiger partial charge in [-0.05, 0) is 18.6 Å². The van der Waals surface area contributed by atoms with Crippen LogP contribution < -0.4 is 4.87 Å². The van der Waals surface area contributed by atoms with E-state index in [1.807, 2.05) is 30.3 Å². The molecule has 1 aromatic carbocycles. The van der Waals surface area contributed by atoms with E-state index in [0.29, 0.717) is 24.4 Å². The molecule has 0 spiro atoms. The van der Waals surface area contributed by atoms with Crippen LogP contribution in [0.2, 0.25) is 0 Å². The van der Waals surface area contributed by atoms with Gasteiger partial charge >= 0.3 is 4.87 Å². The summed E-state index contributed by atoms with van der Waals surface area (Å²) in [7, 11) is 1.61. The van der Waals surface area contributed by atoms with Crippen LogP contribution >= 0.6 is 11.3 Å².